The maximum absolute atomic E-state index is 13.5. The fraction of sp³-hybridized carbons (Fsp3) is 0.462. The first kappa shape index (κ1) is 13.5. The minimum absolute atomic E-state index is 0.0355. The number of halogens is 2. The molecule has 0 unspecified atom stereocenters. The molecule has 0 bridgehead atoms. The van der Waals surface area contributed by atoms with Crippen molar-refractivity contribution >= 4 is 17.4 Å². The third kappa shape index (κ3) is 3.51. The lowest BCUT2D eigenvalue weighted by molar-refractivity contribution is 0.0315. The second-order valence-electron chi connectivity index (χ2n) is 4.31. The zero-order valence-electron chi connectivity index (χ0n) is 9.92. The minimum atomic E-state index is -0.596. The molecule has 1 fully saturated rings. The highest BCUT2D eigenvalue weighted by atomic mass is 35.5. The fourth-order valence-corrected chi connectivity index (χ4v) is 2.11. The second-order valence-corrected chi connectivity index (χ2v) is 4.74. The van der Waals surface area contributed by atoms with Gasteiger partial charge in [-0.2, -0.15) is 0 Å². The molecule has 3 nitrogen and oxygen atoms in total. The van der Waals surface area contributed by atoms with Crippen molar-refractivity contribution in [1.29, 1.82) is 0 Å². The SMILES string of the molecule is O=C(COC1CCNCC1)c1ccc(Cl)cc1F. The number of ketones is 1. The average molecular weight is 272 g/mol. The number of hydrogen-bond acceptors (Lipinski definition) is 3. The molecule has 18 heavy (non-hydrogen) atoms. The molecule has 0 atom stereocenters. The lowest BCUT2D eigenvalue weighted by Gasteiger charge is -2.22. The van der Waals surface area contributed by atoms with E-state index in [1.54, 1.807) is 0 Å². The Hall–Kier alpha value is -0.970. The number of rotatable bonds is 4. The zero-order valence-corrected chi connectivity index (χ0v) is 10.7. The quantitative estimate of drug-likeness (QED) is 0.855. The predicted molar refractivity (Wildman–Crippen MR) is 67.6 cm³/mol. The molecule has 1 N–H and O–H groups in total. The van der Waals surface area contributed by atoms with E-state index in [1.165, 1.54) is 12.1 Å². The van der Waals surface area contributed by atoms with Crippen LogP contribution in [0.1, 0.15) is 23.2 Å². The van der Waals surface area contributed by atoms with Crippen LogP contribution in [0.25, 0.3) is 0 Å². The summed E-state index contributed by atoms with van der Waals surface area (Å²) >= 11 is 5.63. The van der Waals surface area contributed by atoms with E-state index < -0.39 is 5.82 Å². The fourth-order valence-electron chi connectivity index (χ4n) is 1.95. The highest BCUT2D eigenvalue weighted by Gasteiger charge is 2.17. The van der Waals surface area contributed by atoms with Crippen LogP contribution in [0, 0.1) is 5.82 Å². The number of carbonyl (C=O) groups excluding carboxylic acids is 1. The summed E-state index contributed by atoms with van der Waals surface area (Å²) in [5.74, 6) is -0.941. The van der Waals surface area contributed by atoms with Gasteiger partial charge in [-0.3, -0.25) is 4.79 Å². The van der Waals surface area contributed by atoms with Crippen LogP contribution in [0.3, 0.4) is 0 Å². The van der Waals surface area contributed by atoms with Gasteiger partial charge < -0.3 is 10.1 Å². The molecular formula is C13H15ClFNO2. The van der Waals surface area contributed by atoms with Crippen molar-refractivity contribution in [3.8, 4) is 0 Å². The van der Waals surface area contributed by atoms with E-state index in [4.69, 9.17) is 16.3 Å². The molecule has 1 aliphatic heterocycles. The Morgan fingerprint density at radius 1 is 1.44 bits per heavy atom. The Morgan fingerprint density at radius 2 is 2.17 bits per heavy atom. The molecule has 0 saturated carbocycles. The Balaban J connectivity index is 1.90. The Labute approximate surface area is 110 Å². The molecule has 0 radical (unpaired) electrons. The van der Waals surface area contributed by atoms with Gasteiger partial charge >= 0.3 is 0 Å². The highest BCUT2D eigenvalue weighted by Crippen LogP contribution is 2.16. The number of ether oxygens (including phenoxy) is 1. The van der Waals surface area contributed by atoms with Gasteiger partial charge in [0.05, 0.1) is 11.7 Å². The van der Waals surface area contributed by atoms with Crippen LogP contribution >= 0.6 is 11.6 Å². The predicted octanol–water partition coefficient (Wildman–Crippen LogP) is 2.43. The third-order valence-electron chi connectivity index (χ3n) is 2.97. The molecule has 2 rings (SSSR count). The molecule has 0 aromatic heterocycles. The molecular weight excluding hydrogens is 257 g/mol. The van der Waals surface area contributed by atoms with Gasteiger partial charge in [0.25, 0.3) is 0 Å². The van der Waals surface area contributed by atoms with E-state index in [0.29, 0.717) is 0 Å². The van der Waals surface area contributed by atoms with Crippen molar-refractivity contribution in [2.75, 3.05) is 19.7 Å². The summed E-state index contributed by atoms with van der Waals surface area (Å²) in [6.45, 7) is 1.71. The molecule has 98 valence electrons. The van der Waals surface area contributed by atoms with Crippen molar-refractivity contribution < 1.29 is 13.9 Å². The molecule has 1 aliphatic rings. The van der Waals surface area contributed by atoms with E-state index >= 15 is 0 Å². The summed E-state index contributed by atoms with van der Waals surface area (Å²) in [6, 6.07) is 4.04. The van der Waals surface area contributed by atoms with Crippen LogP contribution in [-0.2, 0) is 4.74 Å². The van der Waals surface area contributed by atoms with Crippen LogP contribution in [0.4, 0.5) is 4.39 Å². The van der Waals surface area contributed by atoms with Crippen LogP contribution in [0.5, 0.6) is 0 Å². The van der Waals surface area contributed by atoms with Crippen molar-refractivity contribution in [2.24, 2.45) is 0 Å². The van der Waals surface area contributed by atoms with Gasteiger partial charge in [0.15, 0.2) is 5.78 Å². The van der Waals surface area contributed by atoms with Crippen LogP contribution < -0.4 is 5.32 Å². The summed E-state index contributed by atoms with van der Waals surface area (Å²) < 4.78 is 19.0. The van der Waals surface area contributed by atoms with Gasteiger partial charge in [-0.05, 0) is 44.1 Å². The minimum Gasteiger partial charge on any atom is -0.370 e. The normalized spacial score (nSPS) is 16.8. The van der Waals surface area contributed by atoms with Crippen LogP contribution in [-0.4, -0.2) is 31.6 Å². The molecule has 0 amide bonds. The zero-order chi connectivity index (χ0) is 13.0. The number of benzene rings is 1. The van der Waals surface area contributed by atoms with Gasteiger partial charge in [0, 0.05) is 5.02 Å². The average Bonchev–Trinajstić information content (AvgIpc) is 2.37. The third-order valence-corrected chi connectivity index (χ3v) is 3.20. The number of Topliss-reactive ketones (excluding diaryl/α,β-unsaturated/α-hetero) is 1. The van der Waals surface area contributed by atoms with Crippen LogP contribution in [0.2, 0.25) is 5.02 Å². The lowest BCUT2D eigenvalue weighted by Crippen LogP contribution is -2.33. The Kier molecular flexibility index (Phi) is 4.69. The summed E-state index contributed by atoms with van der Waals surface area (Å²) in [4.78, 5) is 11.8. The Bertz CT molecular complexity index is 433. The second kappa shape index (κ2) is 6.27. The van der Waals surface area contributed by atoms with Crippen molar-refractivity contribution in [3.05, 3.63) is 34.6 Å². The molecule has 1 aromatic rings. The largest absolute Gasteiger partial charge is 0.370 e. The highest BCUT2D eigenvalue weighted by molar-refractivity contribution is 6.30. The number of nitrogens with one attached hydrogen (secondary N) is 1. The smallest absolute Gasteiger partial charge is 0.191 e. The molecule has 5 heteroatoms. The van der Waals surface area contributed by atoms with Gasteiger partial charge in [-0.15, -0.1) is 0 Å². The van der Waals surface area contributed by atoms with E-state index in [1.807, 2.05) is 0 Å². The maximum atomic E-state index is 13.5. The molecule has 0 spiro atoms. The molecule has 1 aromatic carbocycles. The number of hydrogen-bond donors (Lipinski definition) is 1. The van der Waals surface area contributed by atoms with Gasteiger partial charge in [-0.1, -0.05) is 11.6 Å². The maximum Gasteiger partial charge on any atom is 0.191 e. The lowest BCUT2D eigenvalue weighted by atomic mass is 10.1. The summed E-state index contributed by atoms with van der Waals surface area (Å²) in [6.07, 6.45) is 1.86. The van der Waals surface area contributed by atoms with E-state index in [9.17, 15) is 9.18 Å². The first-order valence-corrected chi connectivity index (χ1v) is 6.35. The number of piperidine rings is 1. The van der Waals surface area contributed by atoms with Crippen molar-refractivity contribution in [1.82, 2.24) is 5.32 Å². The summed E-state index contributed by atoms with van der Waals surface area (Å²) in [5, 5.41) is 3.49. The standard InChI is InChI=1S/C13H15ClFNO2/c14-9-1-2-11(12(15)7-9)13(17)8-18-10-3-5-16-6-4-10/h1-2,7,10,16H,3-6,8H2. The molecule has 1 saturated heterocycles. The summed E-state index contributed by atoms with van der Waals surface area (Å²) in [5.41, 5.74) is 0.0355. The van der Waals surface area contributed by atoms with E-state index in [-0.39, 0.29) is 29.1 Å². The monoisotopic (exact) mass is 271 g/mol. The van der Waals surface area contributed by atoms with Gasteiger partial charge in [0.2, 0.25) is 0 Å². The van der Waals surface area contributed by atoms with E-state index in [2.05, 4.69) is 5.32 Å². The number of carbonyl (C=O) groups is 1. The van der Waals surface area contributed by atoms with Crippen molar-refractivity contribution in [3.63, 3.8) is 0 Å². The first-order valence-electron chi connectivity index (χ1n) is 5.97. The topological polar surface area (TPSA) is 38.3 Å². The Morgan fingerprint density at radius 3 is 2.83 bits per heavy atom. The van der Waals surface area contributed by atoms with Crippen molar-refractivity contribution in [2.45, 2.75) is 18.9 Å². The van der Waals surface area contributed by atoms with Crippen LogP contribution in [0.15, 0.2) is 18.2 Å². The van der Waals surface area contributed by atoms with Gasteiger partial charge in [0.1, 0.15) is 12.4 Å². The first-order chi connectivity index (χ1) is 8.66. The summed E-state index contributed by atoms with van der Waals surface area (Å²) in [7, 11) is 0. The van der Waals surface area contributed by atoms with E-state index in [0.717, 1.165) is 32.0 Å². The molecule has 1 heterocycles. The molecule has 0 aliphatic carbocycles. The van der Waals surface area contributed by atoms with Gasteiger partial charge in [-0.25, -0.2) is 4.39 Å².